The Bertz CT molecular complexity index is 644. The van der Waals surface area contributed by atoms with Crippen molar-refractivity contribution in [3.8, 4) is 5.75 Å². The molecule has 0 aliphatic rings. The Kier molecular flexibility index (Phi) is 3.52. The fourth-order valence-corrected chi connectivity index (χ4v) is 1.76. The molecule has 7 heteroatoms. The maximum atomic E-state index is 10.8. The van der Waals surface area contributed by atoms with Gasteiger partial charge in [-0.05, 0) is 24.3 Å². The second kappa shape index (κ2) is 5.11. The zero-order chi connectivity index (χ0) is 14.0. The number of halogens is 1. The van der Waals surface area contributed by atoms with Crippen LogP contribution < -0.4 is 4.74 Å². The number of rotatable bonds is 4. The van der Waals surface area contributed by atoms with E-state index in [0.717, 1.165) is 0 Å². The summed E-state index contributed by atoms with van der Waals surface area (Å²) in [5.41, 5.74) is 0.308. The molecular weight excluding hydrogens is 274 g/mol. The lowest BCUT2D eigenvalue weighted by molar-refractivity contribution is -0.158. The van der Waals surface area contributed by atoms with Crippen molar-refractivity contribution in [1.82, 2.24) is 4.98 Å². The van der Waals surface area contributed by atoms with Crippen LogP contribution in [0.25, 0.3) is 10.9 Å². The highest BCUT2D eigenvalue weighted by Gasteiger charge is 2.28. The molecule has 1 aromatic heterocycles. The Morgan fingerprint density at radius 1 is 1.21 bits per heavy atom. The van der Waals surface area contributed by atoms with Gasteiger partial charge in [-0.1, -0.05) is 11.6 Å². The molecule has 2 rings (SSSR count). The lowest BCUT2D eigenvalue weighted by atomic mass is 10.2. The zero-order valence-electron chi connectivity index (χ0n) is 9.41. The maximum Gasteiger partial charge on any atom is 0.356 e. The number of hydrogen-bond acceptors (Lipinski definition) is 4. The van der Waals surface area contributed by atoms with Crippen molar-refractivity contribution in [1.29, 1.82) is 0 Å². The summed E-state index contributed by atoms with van der Waals surface area (Å²) in [5, 5.41) is 18.5. The van der Waals surface area contributed by atoms with Gasteiger partial charge in [-0.2, -0.15) is 0 Å². The van der Waals surface area contributed by atoms with E-state index in [2.05, 4.69) is 4.98 Å². The van der Waals surface area contributed by atoms with E-state index in [0.29, 0.717) is 15.9 Å². The number of hydrogen-bond donors (Lipinski definition) is 2. The van der Waals surface area contributed by atoms with Crippen LogP contribution in [0.5, 0.6) is 5.75 Å². The first-order chi connectivity index (χ1) is 9.00. The molecule has 6 nitrogen and oxygen atoms in total. The lowest BCUT2D eigenvalue weighted by Gasteiger charge is -2.12. The topological polar surface area (TPSA) is 96.7 Å². The first-order valence-corrected chi connectivity index (χ1v) is 5.54. The highest BCUT2D eigenvalue weighted by molar-refractivity contribution is 6.35. The van der Waals surface area contributed by atoms with E-state index in [1.807, 2.05) is 0 Å². The lowest BCUT2D eigenvalue weighted by Crippen LogP contribution is -2.35. The molecule has 0 saturated carbocycles. The van der Waals surface area contributed by atoms with Crippen LogP contribution in [0.4, 0.5) is 0 Å². The summed E-state index contributed by atoms with van der Waals surface area (Å²) < 4.78 is 4.99. The Morgan fingerprint density at radius 3 is 2.53 bits per heavy atom. The number of aromatic nitrogens is 1. The van der Waals surface area contributed by atoms with Crippen LogP contribution in [0.2, 0.25) is 5.02 Å². The van der Waals surface area contributed by atoms with Gasteiger partial charge < -0.3 is 14.9 Å². The summed E-state index contributed by atoms with van der Waals surface area (Å²) in [6, 6.07) is 6.20. The van der Waals surface area contributed by atoms with Gasteiger partial charge in [0.1, 0.15) is 11.3 Å². The molecule has 0 amide bonds. The molecule has 0 unspecified atom stereocenters. The minimum Gasteiger partial charge on any atom is -0.478 e. The van der Waals surface area contributed by atoms with Crippen LogP contribution in [-0.2, 0) is 9.59 Å². The van der Waals surface area contributed by atoms with E-state index in [4.69, 9.17) is 26.6 Å². The Balaban J connectivity index is 2.49. The molecular formula is C12H8ClNO5. The van der Waals surface area contributed by atoms with Crippen molar-refractivity contribution in [3.05, 3.63) is 35.5 Å². The molecule has 0 spiro atoms. The Morgan fingerprint density at radius 2 is 1.89 bits per heavy atom. The number of nitrogens with zero attached hydrogens (tertiary/aromatic N) is 1. The standard InChI is InChI=1S/C12H8ClNO5/c13-7-3-4-8(9-6(7)2-1-5-14-9)19-10(11(15)16)12(17)18/h1-5,10H,(H,15,16)(H,17,18). The van der Waals surface area contributed by atoms with Crippen LogP contribution in [-0.4, -0.2) is 33.2 Å². The normalized spacial score (nSPS) is 10.6. The summed E-state index contributed by atoms with van der Waals surface area (Å²) in [5.74, 6) is -3.13. The molecule has 0 saturated heterocycles. The predicted molar refractivity (Wildman–Crippen MR) is 66.4 cm³/mol. The smallest absolute Gasteiger partial charge is 0.356 e. The molecule has 1 heterocycles. The minimum atomic E-state index is -1.99. The second-order valence-electron chi connectivity index (χ2n) is 3.62. The summed E-state index contributed by atoms with van der Waals surface area (Å²) in [6.07, 6.45) is -0.520. The summed E-state index contributed by atoms with van der Waals surface area (Å²) in [6.45, 7) is 0. The van der Waals surface area contributed by atoms with Gasteiger partial charge in [-0.15, -0.1) is 0 Å². The maximum absolute atomic E-state index is 10.8. The molecule has 0 aliphatic heterocycles. The van der Waals surface area contributed by atoms with Crippen molar-refractivity contribution < 1.29 is 24.5 Å². The summed E-state index contributed by atoms with van der Waals surface area (Å²) in [4.78, 5) is 25.6. The largest absolute Gasteiger partial charge is 0.478 e. The first kappa shape index (κ1) is 13.1. The van der Waals surface area contributed by atoms with Gasteiger partial charge in [-0.3, -0.25) is 4.98 Å². The molecule has 1 aromatic carbocycles. The number of aliphatic carboxylic acids is 2. The fraction of sp³-hybridized carbons (Fsp3) is 0.0833. The highest BCUT2D eigenvalue weighted by atomic mass is 35.5. The van der Waals surface area contributed by atoms with E-state index in [1.165, 1.54) is 18.3 Å². The van der Waals surface area contributed by atoms with Gasteiger partial charge in [0.25, 0.3) is 6.10 Å². The van der Waals surface area contributed by atoms with Gasteiger partial charge in [0.15, 0.2) is 0 Å². The van der Waals surface area contributed by atoms with Crippen LogP contribution in [0.1, 0.15) is 0 Å². The van der Waals surface area contributed by atoms with E-state index < -0.39 is 18.0 Å². The zero-order valence-corrected chi connectivity index (χ0v) is 10.2. The molecule has 0 atom stereocenters. The summed E-state index contributed by atoms with van der Waals surface area (Å²) in [7, 11) is 0. The number of ether oxygens (including phenoxy) is 1. The fourth-order valence-electron chi connectivity index (χ4n) is 1.54. The SMILES string of the molecule is O=C(O)C(Oc1ccc(Cl)c2cccnc12)C(=O)O. The average molecular weight is 282 g/mol. The quantitative estimate of drug-likeness (QED) is 0.830. The molecule has 98 valence electrons. The molecule has 19 heavy (non-hydrogen) atoms. The van der Waals surface area contributed by atoms with E-state index >= 15 is 0 Å². The van der Waals surface area contributed by atoms with Crippen molar-refractivity contribution in [3.63, 3.8) is 0 Å². The van der Waals surface area contributed by atoms with Crippen molar-refractivity contribution >= 4 is 34.4 Å². The Hall–Kier alpha value is -2.34. The van der Waals surface area contributed by atoms with Crippen LogP contribution >= 0.6 is 11.6 Å². The van der Waals surface area contributed by atoms with Gasteiger partial charge in [0.2, 0.25) is 0 Å². The minimum absolute atomic E-state index is 0.0507. The molecule has 0 radical (unpaired) electrons. The van der Waals surface area contributed by atoms with Gasteiger partial charge in [0, 0.05) is 11.6 Å². The average Bonchev–Trinajstić information content (AvgIpc) is 2.37. The van der Waals surface area contributed by atoms with E-state index in [9.17, 15) is 9.59 Å². The van der Waals surface area contributed by atoms with Gasteiger partial charge >= 0.3 is 11.9 Å². The predicted octanol–water partition coefficient (Wildman–Crippen LogP) is 1.80. The van der Waals surface area contributed by atoms with E-state index in [-0.39, 0.29) is 5.75 Å². The first-order valence-electron chi connectivity index (χ1n) is 5.16. The third kappa shape index (κ3) is 2.58. The summed E-state index contributed by atoms with van der Waals surface area (Å²) >= 11 is 5.96. The van der Waals surface area contributed by atoms with Crippen molar-refractivity contribution in [2.45, 2.75) is 6.10 Å². The van der Waals surface area contributed by atoms with Crippen LogP contribution in [0, 0.1) is 0 Å². The molecule has 2 N–H and O–H groups in total. The number of benzene rings is 1. The molecule has 0 aliphatic carbocycles. The van der Waals surface area contributed by atoms with Crippen molar-refractivity contribution in [2.24, 2.45) is 0 Å². The third-order valence-corrected chi connectivity index (χ3v) is 2.70. The molecule has 2 aromatic rings. The van der Waals surface area contributed by atoms with E-state index in [1.54, 1.807) is 12.1 Å². The van der Waals surface area contributed by atoms with Crippen LogP contribution in [0.15, 0.2) is 30.5 Å². The Labute approximate surface area is 112 Å². The van der Waals surface area contributed by atoms with Gasteiger partial charge in [-0.25, -0.2) is 9.59 Å². The number of carboxylic acids is 2. The number of carboxylic acid groups (broad SMARTS) is 2. The second-order valence-corrected chi connectivity index (χ2v) is 4.03. The van der Waals surface area contributed by atoms with Crippen molar-refractivity contribution in [2.75, 3.05) is 0 Å². The number of fused-ring (bicyclic) bond motifs is 1. The third-order valence-electron chi connectivity index (χ3n) is 2.37. The van der Waals surface area contributed by atoms with Gasteiger partial charge in [0.05, 0.1) is 5.02 Å². The number of pyridine rings is 1. The monoisotopic (exact) mass is 281 g/mol. The molecule has 0 bridgehead atoms. The number of carbonyl (C=O) groups is 2. The highest BCUT2D eigenvalue weighted by Crippen LogP contribution is 2.30. The molecule has 0 fully saturated rings. The van der Waals surface area contributed by atoms with Crippen LogP contribution in [0.3, 0.4) is 0 Å².